The number of carbonyl (C=O) groups is 1. The maximum atomic E-state index is 13.6. The molecule has 3 N–H and O–H groups in total. The Morgan fingerprint density at radius 2 is 1.90 bits per heavy atom. The molecule has 2 aliphatic heterocycles. The summed E-state index contributed by atoms with van der Waals surface area (Å²) in [6, 6.07) is 8.82. The SMILES string of the molecule is Cc1cc(NC(=O)c2ccc(NSCCO)cc2N2CCC3(C(F)F)CC3C2)nc(N2CCC(F)(F)CC2)c1. The monoisotopic (exact) mass is 567 g/mol. The van der Waals surface area contributed by atoms with E-state index in [1.165, 1.54) is 11.9 Å². The minimum Gasteiger partial charge on any atom is -0.395 e. The molecule has 3 fully saturated rings. The Hall–Kier alpha value is -2.73. The van der Waals surface area contributed by atoms with E-state index in [0.29, 0.717) is 54.6 Å². The van der Waals surface area contributed by atoms with Crippen molar-refractivity contribution in [3.63, 3.8) is 0 Å². The van der Waals surface area contributed by atoms with Gasteiger partial charge < -0.3 is 24.9 Å². The van der Waals surface area contributed by atoms with Crippen LogP contribution in [0.5, 0.6) is 0 Å². The van der Waals surface area contributed by atoms with E-state index >= 15 is 0 Å². The van der Waals surface area contributed by atoms with E-state index in [0.717, 1.165) is 11.3 Å². The van der Waals surface area contributed by atoms with Gasteiger partial charge in [-0.3, -0.25) is 4.79 Å². The molecule has 0 bridgehead atoms. The smallest absolute Gasteiger partial charge is 0.258 e. The first kappa shape index (κ1) is 27.8. The van der Waals surface area contributed by atoms with Crippen molar-refractivity contribution >= 4 is 40.9 Å². The molecule has 0 spiro atoms. The van der Waals surface area contributed by atoms with Gasteiger partial charge in [0.15, 0.2) is 0 Å². The minimum atomic E-state index is -2.67. The molecule has 1 amide bonds. The Morgan fingerprint density at radius 1 is 1.15 bits per heavy atom. The summed E-state index contributed by atoms with van der Waals surface area (Å²) in [6.45, 7) is 3.10. The number of rotatable bonds is 9. The number of piperidine rings is 2. The largest absolute Gasteiger partial charge is 0.395 e. The molecule has 3 aliphatic rings. The van der Waals surface area contributed by atoms with Crippen LogP contribution < -0.4 is 19.8 Å². The Morgan fingerprint density at radius 3 is 2.59 bits per heavy atom. The predicted molar refractivity (Wildman–Crippen MR) is 146 cm³/mol. The molecule has 2 atom stereocenters. The van der Waals surface area contributed by atoms with Gasteiger partial charge in [0.2, 0.25) is 6.43 Å². The predicted octanol–water partition coefficient (Wildman–Crippen LogP) is 5.41. The number of benzene rings is 1. The molecule has 5 rings (SSSR count). The highest BCUT2D eigenvalue weighted by Gasteiger charge is 2.62. The first-order valence-corrected chi connectivity index (χ1v) is 14.2. The number of nitrogens with one attached hydrogen (secondary N) is 2. The Bertz CT molecular complexity index is 1210. The van der Waals surface area contributed by atoms with Crippen molar-refractivity contribution < 1.29 is 27.5 Å². The number of hydrogen-bond acceptors (Lipinski definition) is 7. The summed E-state index contributed by atoms with van der Waals surface area (Å²) in [5.74, 6) is -1.84. The van der Waals surface area contributed by atoms with Crippen LogP contribution in [0.1, 0.15) is 41.6 Å². The number of pyridine rings is 1. The zero-order valence-corrected chi connectivity index (χ0v) is 22.5. The Kier molecular flexibility index (Phi) is 7.87. The standard InChI is InChI=1S/C27H33F4N5O2S/c1-17-12-22(32-23(13-17)35-8-5-27(30,31)6-9-35)33-24(38)20-3-2-19(34-39-11-10-37)14-21(20)36-7-4-26(25(28)29)15-18(26)16-36/h2-3,12-14,18,25,34,37H,4-11,15-16H2,1H3,(H,32,33,38). The van der Waals surface area contributed by atoms with Gasteiger partial charge in [-0.05, 0) is 61.6 Å². The van der Waals surface area contributed by atoms with Crippen molar-refractivity contribution in [2.75, 3.05) is 58.4 Å². The number of fused-ring (bicyclic) bond motifs is 1. The average Bonchev–Trinajstić information content (AvgIpc) is 3.64. The maximum Gasteiger partial charge on any atom is 0.258 e. The summed E-state index contributed by atoms with van der Waals surface area (Å²) in [4.78, 5) is 21.9. The Labute approximate surface area is 229 Å². The third-order valence-corrected chi connectivity index (χ3v) is 8.75. The molecule has 39 heavy (non-hydrogen) atoms. The third-order valence-electron chi connectivity index (χ3n) is 7.99. The number of halogens is 4. The van der Waals surface area contributed by atoms with Crippen molar-refractivity contribution in [2.24, 2.45) is 11.3 Å². The van der Waals surface area contributed by atoms with Crippen LogP contribution in [0, 0.1) is 18.3 Å². The summed E-state index contributed by atoms with van der Waals surface area (Å²) in [7, 11) is 0. The van der Waals surface area contributed by atoms with E-state index in [1.54, 1.807) is 23.1 Å². The summed E-state index contributed by atoms with van der Waals surface area (Å²) in [5, 5.41) is 11.9. The molecular formula is C27H33F4N5O2S. The van der Waals surface area contributed by atoms with Gasteiger partial charge in [0.05, 0.1) is 17.9 Å². The lowest BCUT2D eigenvalue weighted by Crippen LogP contribution is -2.39. The van der Waals surface area contributed by atoms with Gasteiger partial charge in [-0.1, -0.05) is 11.9 Å². The first-order chi connectivity index (χ1) is 18.6. The van der Waals surface area contributed by atoms with Crippen molar-refractivity contribution in [1.82, 2.24) is 4.98 Å². The molecule has 212 valence electrons. The van der Waals surface area contributed by atoms with Crippen molar-refractivity contribution in [3.05, 3.63) is 41.5 Å². The number of aromatic nitrogens is 1. The Balaban J connectivity index is 1.36. The van der Waals surface area contributed by atoms with Gasteiger partial charge >= 0.3 is 0 Å². The third kappa shape index (κ3) is 6.06. The number of nitrogens with zero attached hydrogens (tertiary/aromatic N) is 3. The number of anilines is 4. The van der Waals surface area contributed by atoms with Gasteiger partial charge in [0.25, 0.3) is 11.8 Å². The molecular weight excluding hydrogens is 534 g/mol. The van der Waals surface area contributed by atoms with Crippen LogP contribution in [0.3, 0.4) is 0 Å². The molecule has 12 heteroatoms. The zero-order valence-electron chi connectivity index (χ0n) is 21.7. The molecule has 1 aromatic heterocycles. The fourth-order valence-corrected chi connectivity index (χ4v) is 6.09. The molecule has 2 saturated heterocycles. The van der Waals surface area contributed by atoms with E-state index in [4.69, 9.17) is 5.11 Å². The summed E-state index contributed by atoms with van der Waals surface area (Å²) >= 11 is 1.33. The number of hydrogen-bond donors (Lipinski definition) is 3. The molecule has 7 nitrogen and oxygen atoms in total. The lowest BCUT2D eigenvalue weighted by atomic mass is 9.95. The van der Waals surface area contributed by atoms with Gasteiger partial charge in [-0.2, -0.15) is 0 Å². The molecule has 2 aromatic rings. The first-order valence-electron chi connectivity index (χ1n) is 13.2. The minimum absolute atomic E-state index is 0.0138. The average molecular weight is 568 g/mol. The second-order valence-electron chi connectivity index (χ2n) is 10.7. The van der Waals surface area contributed by atoms with E-state index in [-0.39, 0.29) is 38.5 Å². The van der Waals surface area contributed by atoms with E-state index in [9.17, 15) is 22.4 Å². The van der Waals surface area contributed by atoms with E-state index in [2.05, 4.69) is 15.0 Å². The quantitative estimate of drug-likeness (QED) is 0.212. The number of aryl methyl sites for hydroxylation is 1. The van der Waals surface area contributed by atoms with Crippen molar-refractivity contribution in [3.8, 4) is 0 Å². The van der Waals surface area contributed by atoms with Gasteiger partial charge in [-0.15, -0.1) is 0 Å². The van der Waals surface area contributed by atoms with Crippen molar-refractivity contribution in [1.29, 1.82) is 0 Å². The molecule has 1 saturated carbocycles. The maximum absolute atomic E-state index is 13.6. The normalized spacial score (nSPS) is 23.9. The van der Waals surface area contributed by atoms with E-state index < -0.39 is 23.7 Å². The van der Waals surface area contributed by atoms with Crippen LogP contribution in [0.2, 0.25) is 0 Å². The highest BCUT2D eigenvalue weighted by atomic mass is 32.2. The van der Waals surface area contributed by atoms with Gasteiger partial charge in [0, 0.05) is 55.9 Å². The molecule has 3 heterocycles. The fraction of sp³-hybridized carbons (Fsp3) is 0.556. The van der Waals surface area contributed by atoms with Crippen LogP contribution in [-0.2, 0) is 0 Å². The summed E-state index contributed by atoms with van der Waals surface area (Å²) < 4.78 is 57.7. The molecule has 0 radical (unpaired) electrons. The van der Waals surface area contributed by atoms with Crippen molar-refractivity contribution in [2.45, 2.75) is 45.0 Å². The zero-order chi connectivity index (χ0) is 27.8. The van der Waals surface area contributed by atoms with Crippen LogP contribution in [0.15, 0.2) is 30.3 Å². The number of aliphatic hydroxyl groups excluding tert-OH is 1. The molecule has 1 aromatic carbocycles. The second kappa shape index (κ2) is 11.0. The number of carbonyl (C=O) groups excluding carboxylic acids is 1. The highest BCUT2D eigenvalue weighted by molar-refractivity contribution is 8.00. The van der Waals surface area contributed by atoms with Gasteiger partial charge in [-0.25, -0.2) is 22.5 Å². The van der Waals surface area contributed by atoms with E-state index in [1.807, 2.05) is 24.0 Å². The van der Waals surface area contributed by atoms with Crippen LogP contribution in [0.25, 0.3) is 0 Å². The summed E-state index contributed by atoms with van der Waals surface area (Å²) in [5.41, 5.74) is 1.70. The van der Waals surface area contributed by atoms with Gasteiger partial charge in [0.1, 0.15) is 11.6 Å². The summed E-state index contributed by atoms with van der Waals surface area (Å²) in [6.07, 6.45) is -1.97. The topological polar surface area (TPSA) is 80.7 Å². The van der Waals surface area contributed by atoms with Crippen LogP contribution in [0.4, 0.5) is 40.6 Å². The lowest BCUT2D eigenvalue weighted by Gasteiger charge is -2.34. The number of amides is 1. The second-order valence-corrected chi connectivity index (χ2v) is 11.6. The number of aliphatic hydroxyl groups is 1. The fourth-order valence-electron chi connectivity index (χ4n) is 5.60. The van der Waals surface area contributed by atoms with Crippen LogP contribution >= 0.6 is 11.9 Å². The highest BCUT2D eigenvalue weighted by Crippen LogP contribution is 2.61. The molecule has 2 unspecified atom stereocenters. The molecule has 1 aliphatic carbocycles. The van der Waals surface area contributed by atoms with Crippen LogP contribution in [-0.4, -0.2) is 66.9 Å². The lowest BCUT2D eigenvalue weighted by molar-refractivity contribution is -0.0221. The number of alkyl halides is 4.